The number of nitrogens with two attached hydrogens (primary N) is 1. The molecule has 0 bridgehead atoms. The summed E-state index contributed by atoms with van der Waals surface area (Å²) in [6.07, 6.45) is 0. The molecular weight excluding hydrogens is 180 g/mol. The van der Waals surface area contributed by atoms with E-state index in [1.165, 1.54) is 16.7 Å². The van der Waals surface area contributed by atoms with E-state index in [2.05, 4.69) is 0 Å². The molecule has 1 amide bonds. The number of carbonyl (C=O) groups is 2. The topological polar surface area (TPSA) is 83.6 Å². The predicted octanol–water partition coefficient (Wildman–Crippen LogP) is -1.32. The summed E-state index contributed by atoms with van der Waals surface area (Å²) in [7, 11) is 0. The van der Waals surface area contributed by atoms with Gasteiger partial charge in [0.2, 0.25) is 5.91 Å². The van der Waals surface area contributed by atoms with Gasteiger partial charge in [-0.1, -0.05) is 0 Å². The Bertz CT molecular complexity index is 257. The van der Waals surface area contributed by atoms with Crippen molar-refractivity contribution in [2.24, 2.45) is 5.73 Å². The van der Waals surface area contributed by atoms with Gasteiger partial charge in [0.05, 0.1) is 0 Å². The van der Waals surface area contributed by atoms with Crippen LogP contribution in [-0.2, 0) is 9.59 Å². The summed E-state index contributed by atoms with van der Waals surface area (Å²) >= 11 is 1.44. The third-order valence-corrected chi connectivity index (χ3v) is 3.54. The lowest BCUT2D eigenvalue weighted by Crippen LogP contribution is -2.68. The standard InChI is InChI=1S/C6H8N2O3S/c7-3-4(9)8-2(6(10)11)1-12-5(3)8/h2-3,5H,1,7H2,(H,10,11). The van der Waals surface area contributed by atoms with Crippen LogP contribution in [0.1, 0.15) is 0 Å². The summed E-state index contributed by atoms with van der Waals surface area (Å²) in [5.41, 5.74) is 5.46. The van der Waals surface area contributed by atoms with Crippen LogP contribution in [0.3, 0.4) is 0 Å². The third-order valence-electron chi connectivity index (χ3n) is 2.17. The van der Waals surface area contributed by atoms with Crippen molar-refractivity contribution in [1.82, 2.24) is 4.90 Å². The van der Waals surface area contributed by atoms with Gasteiger partial charge < -0.3 is 15.7 Å². The van der Waals surface area contributed by atoms with Crippen LogP contribution in [0.5, 0.6) is 0 Å². The lowest BCUT2D eigenvalue weighted by atomic mass is 10.1. The number of carboxylic acid groups (broad SMARTS) is 1. The Labute approximate surface area is 72.9 Å². The first-order chi connectivity index (χ1) is 5.63. The molecule has 12 heavy (non-hydrogen) atoms. The molecule has 0 aromatic rings. The molecule has 0 radical (unpaired) electrons. The molecule has 0 aliphatic carbocycles. The number of β-lactam (4-membered cyclic amide) rings is 1. The maximum atomic E-state index is 11.1. The lowest BCUT2D eigenvalue weighted by Gasteiger charge is -2.41. The smallest absolute Gasteiger partial charge is 0.327 e. The quantitative estimate of drug-likeness (QED) is 0.499. The molecule has 3 unspecified atom stereocenters. The Kier molecular flexibility index (Phi) is 1.55. The van der Waals surface area contributed by atoms with E-state index in [1.54, 1.807) is 0 Å². The highest BCUT2D eigenvalue weighted by atomic mass is 32.2. The molecular formula is C6H8N2O3S. The molecule has 3 N–H and O–H groups in total. The Morgan fingerprint density at radius 1 is 1.75 bits per heavy atom. The number of hydrogen-bond donors (Lipinski definition) is 2. The fourth-order valence-corrected chi connectivity index (χ4v) is 2.90. The Morgan fingerprint density at radius 2 is 2.42 bits per heavy atom. The van der Waals surface area contributed by atoms with Crippen LogP contribution in [0.2, 0.25) is 0 Å². The SMILES string of the molecule is NC1C(=O)N2C(C(=O)O)CSC12. The second kappa shape index (κ2) is 2.37. The largest absolute Gasteiger partial charge is 0.480 e. The van der Waals surface area contributed by atoms with Gasteiger partial charge in [0.25, 0.3) is 0 Å². The molecule has 0 spiro atoms. The molecule has 2 heterocycles. The number of amides is 1. The molecule has 3 atom stereocenters. The van der Waals surface area contributed by atoms with Gasteiger partial charge in [-0.3, -0.25) is 4.79 Å². The van der Waals surface area contributed by atoms with E-state index in [4.69, 9.17) is 10.8 Å². The van der Waals surface area contributed by atoms with E-state index in [-0.39, 0.29) is 11.3 Å². The molecule has 2 saturated heterocycles. The maximum absolute atomic E-state index is 11.1. The predicted molar refractivity (Wildman–Crippen MR) is 42.5 cm³/mol. The Morgan fingerprint density at radius 3 is 3.00 bits per heavy atom. The molecule has 66 valence electrons. The van der Waals surface area contributed by atoms with Crippen LogP contribution in [0, 0.1) is 0 Å². The summed E-state index contributed by atoms with van der Waals surface area (Å²) in [4.78, 5) is 23.0. The Balaban J connectivity index is 2.16. The first-order valence-electron chi connectivity index (χ1n) is 3.55. The average molecular weight is 188 g/mol. The van der Waals surface area contributed by atoms with Crippen LogP contribution in [0.4, 0.5) is 0 Å². The van der Waals surface area contributed by atoms with E-state index in [9.17, 15) is 9.59 Å². The normalized spacial score (nSPS) is 39.2. The second-order valence-corrected chi connectivity index (χ2v) is 4.00. The number of aliphatic carboxylic acids is 1. The molecule has 0 aromatic heterocycles. The minimum atomic E-state index is -0.940. The molecule has 6 heteroatoms. The molecule has 2 fully saturated rings. The fraction of sp³-hybridized carbons (Fsp3) is 0.667. The van der Waals surface area contributed by atoms with Gasteiger partial charge in [-0.15, -0.1) is 11.8 Å². The van der Waals surface area contributed by atoms with Crippen molar-refractivity contribution in [3.63, 3.8) is 0 Å². The number of nitrogens with zero attached hydrogens (tertiary/aromatic N) is 1. The van der Waals surface area contributed by atoms with Gasteiger partial charge >= 0.3 is 5.97 Å². The maximum Gasteiger partial charge on any atom is 0.327 e. The van der Waals surface area contributed by atoms with E-state index in [0.29, 0.717) is 5.75 Å². The van der Waals surface area contributed by atoms with Crippen molar-refractivity contribution >= 4 is 23.6 Å². The number of thioether (sulfide) groups is 1. The molecule has 0 aromatic carbocycles. The summed E-state index contributed by atoms with van der Waals surface area (Å²) in [5.74, 6) is -0.720. The van der Waals surface area contributed by atoms with Gasteiger partial charge in [-0.25, -0.2) is 4.79 Å². The minimum Gasteiger partial charge on any atom is -0.480 e. The lowest BCUT2D eigenvalue weighted by molar-refractivity contribution is -0.157. The molecule has 5 nitrogen and oxygen atoms in total. The number of hydrogen-bond acceptors (Lipinski definition) is 4. The first kappa shape index (κ1) is 7.88. The highest BCUT2D eigenvalue weighted by Crippen LogP contribution is 2.38. The minimum absolute atomic E-state index is 0.0985. The summed E-state index contributed by atoms with van der Waals surface area (Å²) in [6, 6.07) is -1.15. The first-order valence-corrected chi connectivity index (χ1v) is 4.60. The number of rotatable bonds is 1. The van der Waals surface area contributed by atoms with Crippen molar-refractivity contribution < 1.29 is 14.7 Å². The van der Waals surface area contributed by atoms with E-state index in [1.807, 2.05) is 0 Å². The average Bonchev–Trinajstić information content (AvgIpc) is 2.43. The van der Waals surface area contributed by atoms with E-state index in [0.717, 1.165) is 0 Å². The molecule has 2 aliphatic rings. The molecule has 2 rings (SSSR count). The van der Waals surface area contributed by atoms with Crippen molar-refractivity contribution in [1.29, 1.82) is 0 Å². The van der Waals surface area contributed by atoms with Crippen LogP contribution >= 0.6 is 11.8 Å². The van der Waals surface area contributed by atoms with Crippen molar-refractivity contribution in [3.05, 3.63) is 0 Å². The van der Waals surface area contributed by atoms with Gasteiger partial charge in [0, 0.05) is 5.75 Å². The van der Waals surface area contributed by atoms with Gasteiger partial charge in [-0.2, -0.15) is 0 Å². The third kappa shape index (κ3) is 0.789. The zero-order chi connectivity index (χ0) is 8.88. The van der Waals surface area contributed by atoms with Crippen LogP contribution in [-0.4, -0.2) is 45.1 Å². The van der Waals surface area contributed by atoms with Gasteiger partial charge in [0.15, 0.2) is 0 Å². The van der Waals surface area contributed by atoms with Crippen molar-refractivity contribution in [3.8, 4) is 0 Å². The second-order valence-electron chi connectivity index (χ2n) is 2.85. The summed E-state index contributed by atoms with van der Waals surface area (Å²) < 4.78 is 0. The molecule has 2 aliphatic heterocycles. The summed E-state index contributed by atoms with van der Waals surface area (Å²) in [5, 5.41) is 8.59. The van der Waals surface area contributed by atoms with Crippen LogP contribution < -0.4 is 5.73 Å². The number of carbonyl (C=O) groups excluding carboxylic acids is 1. The van der Waals surface area contributed by atoms with E-state index < -0.39 is 18.1 Å². The van der Waals surface area contributed by atoms with Gasteiger partial charge in [0.1, 0.15) is 17.5 Å². The number of fused-ring (bicyclic) bond motifs is 1. The van der Waals surface area contributed by atoms with Gasteiger partial charge in [-0.05, 0) is 0 Å². The zero-order valence-electron chi connectivity index (χ0n) is 6.14. The van der Waals surface area contributed by atoms with Crippen LogP contribution in [0.25, 0.3) is 0 Å². The fourth-order valence-electron chi connectivity index (χ4n) is 1.49. The van der Waals surface area contributed by atoms with Crippen molar-refractivity contribution in [2.45, 2.75) is 17.5 Å². The number of carboxylic acids is 1. The highest BCUT2D eigenvalue weighted by Gasteiger charge is 2.55. The summed E-state index contributed by atoms with van der Waals surface area (Å²) in [6.45, 7) is 0. The molecule has 0 saturated carbocycles. The monoisotopic (exact) mass is 188 g/mol. The van der Waals surface area contributed by atoms with Crippen LogP contribution in [0.15, 0.2) is 0 Å². The Hall–Kier alpha value is -0.750. The zero-order valence-corrected chi connectivity index (χ0v) is 6.95. The van der Waals surface area contributed by atoms with E-state index >= 15 is 0 Å². The van der Waals surface area contributed by atoms with Crippen molar-refractivity contribution in [2.75, 3.05) is 5.75 Å². The highest BCUT2D eigenvalue weighted by molar-refractivity contribution is 8.00.